The maximum absolute atomic E-state index is 12.2. The van der Waals surface area contributed by atoms with E-state index in [-0.39, 0.29) is 5.91 Å². The Balaban J connectivity index is 2.15. The fourth-order valence-corrected chi connectivity index (χ4v) is 2.26. The molecule has 0 bridgehead atoms. The van der Waals surface area contributed by atoms with Gasteiger partial charge in [0.25, 0.3) is 5.91 Å². The lowest BCUT2D eigenvalue weighted by molar-refractivity contribution is -0.139. The number of rotatable bonds is 6. The third-order valence-electron chi connectivity index (χ3n) is 3.47. The quantitative estimate of drug-likeness (QED) is 0.764. The van der Waals surface area contributed by atoms with Crippen LogP contribution in [0.3, 0.4) is 0 Å². The molecule has 1 amide bonds. The minimum absolute atomic E-state index is 0.382. The van der Waals surface area contributed by atoms with Crippen molar-refractivity contribution in [3.8, 4) is 0 Å². The van der Waals surface area contributed by atoms with Gasteiger partial charge >= 0.3 is 5.97 Å². The number of nitrogens with one attached hydrogen (secondary N) is 2. The Bertz CT molecular complexity index is 661. The Labute approximate surface area is 123 Å². The summed E-state index contributed by atoms with van der Waals surface area (Å²) in [4.78, 5) is 26.4. The minimum atomic E-state index is -0.997. The Hall–Kier alpha value is -2.30. The molecule has 5 nitrogen and oxygen atoms in total. The highest BCUT2D eigenvalue weighted by Gasteiger charge is 2.20. The second kappa shape index (κ2) is 6.43. The summed E-state index contributed by atoms with van der Waals surface area (Å²) in [6.07, 6.45) is 2.10. The first-order chi connectivity index (χ1) is 10.0. The van der Waals surface area contributed by atoms with Crippen LogP contribution in [-0.4, -0.2) is 28.0 Å². The molecule has 1 heterocycles. The van der Waals surface area contributed by atoms with E-state index in [1.807, 2.05) is 32.0 Å². The standard InChI is InChI=1S/C16H20N2O3/c1-3-4-5-12(16(20)21)18-15(19)14-9-11-7-6-10(2)8-13(11)17-14/h6-9,12,17H,3-5H2,1-2H3,(H,18,19)(H,20,21)/t12-/m0/s1. The number of aromatic nitrogens is 1. The van der Waals surface area contributed by atoms with Crippen molar-refractivity contribution < 1.29 is 14.7 Å². The first-order valence-corrected chi connectivity index (χ1v) is 7.14. The minimum Gasteiger partial charge on any atom is -0.480 e. The second-order valence-corrected chi connectivity index (χ2v) is 5.28. The molecule has 1 aromatic heterocycles. The van der Waals surface area contributed by atoms with E-state index in [1.165, 1.54) is 0 Å². The number of H-pyrrole nitrogens is 1. The predicted molar refractivity (Wildman–Crippen MR) is 81.5 cm³/mol. The molecule has 21 heavy (non-hydrogen) atoms. The molecule has 0 saturated heterocycles. The van der Waals surface area contributed by atoms with E-state index >= 15 is 0 Å². The van der Waals surface area contributed by atoms with Gasteiger partial charge in [-0.05, 0) is 31.0 Å². The van der Waals surface area contributed by atoms with Crippen LogP contribution < -0.4 is 5.32 Å². The number of fused-ring (bicyclic) bond motifs is 1. The van der Waals surface area contributed by atoms with Crippen LogP contribution in [0.4, 0.5) is 0 Å². The molecule has 0 radical (unpaired) electrons. The molecular formula is C16H20N2O3. The number of amides is 1. The summed E-state index contributed by atoms with van der Waals surface area (Å²) in [5.41, 5.74) is 2.36. The number of aryl methyl sites for hydroxylation is 1. The van der Waals surface area contributed by atoms with Gasteiger partial charge in [0, 0.05) is 10.9 Å². The number of carbonyl (C=O) groups is 2. The third kappa shape index (κ3) is 3.62. The maximum atomic E-state index is 12.2. The topological polar surface area (TPSA) is 82.2 Å². The SMILES string of the molecule is CCCC[C@H](NC(=O)c1cc2ccc(C)cc2[nH]1)C(=O)O. The van der Waals surface area contributed by atoms with Gasteiger partial charge in [0.2, 0.25) is 0 Å². The average Bonchev–Trinajstić information content (AvgIpc) is 2.85. The van der Waals surface area contributed by atoms with Gasteiger partial charge in [0.1, 0.15) is 11.7 Å². The Kier molecular flexibility index (Phi) is 4.62. The maximum Gasteiger partial charge on any atom is 0.326 e. The van der Waals surface area contributed by atoms with Gasteiger partial charge < -0.3 is 15.4 Å². The summed E-state index contributed by atoms with van der Waals surface area (Å²) in [6, 6.07) is 6.76. The molecule has 1 aromatic carbocycles. The van der Waals surface area contributed by atoms with Gasteiger partial charge in [-0.25, -0.2) is 4.79 Å². The molecule has 112 valence electrons. The monoisotopic (exact) mass is 288 g/mol. The van der Waals surface area contributed by atoms with E-state index in [9.17, 15) is 9.59 Å². The van der Waals surface area contributed by atoms with Gasteiger partial charge in [-0.2, -0.15) is 0 Å². The highest BCUT2D eigenvalue weighted by Crippen LogP contribution is 2.17. The van der Waals surface area contributed by atoms with Crippen LogP contribution in [0.15, 0.2) is 24.3 Å². The largest absolute Gasteiger partial charge is 0.480 e. The van der Waals surface area contributed by atoms with Gasteiger partial charge in [-0.15, -0.1) is 0 Å². The van der Waals surface area contributed by atoms with Crippen LogP contribution in [0.5, 0.6) is 0 Å². The molecule has 2 rings (SSSR count). The van der Waals surface area contributed by atoms with Crippen molar-refractivity contribution >= 4 is 22.8 Å². The molecule has 3 N–H and O–H groups in total. The van der Waals surface area contributed by atoms with Gasteiger partial charge in [-0.1, -0.05) is 31.9 Å². The predicted octanol–water partition coefficient (Wildman–Crippen LogP) is 2.85. The normalized spacial score (nSPS) is 12.3. The summed E-state index contributed by atoms with van der Waals surface area (Å²) in [5.74, 6) is -1.38. The summed E-state index contributed by atoms with van der Waals surface area (Å²) >= 11 is 0. The van der Waals surface area contributed by atoms with Crippen LogP contribution in [0, 0.1) is 6.92 Å². The lowest BCUT2D eigenvalue weighted by atomic mass is 10.1. The number of carboxylic acid groups (broad SMARTS) is 1. The van der Waals surface area contributed by atoms with Crippen LogP contribution in [0.25, 0.3) is 10.9 Å². The van der Waals surface area contributed by atoms with E-state index in [0.717, 1.165) is 29.3 Å². The van der Waals surface area contributed by atoms with E-state index in [2.05, 4.69) is 10.3 Å². The second-order valence-electron chi connectivity index (χ2n) is 5.28. The van der Waals surface area contributed by atoms with Crippen LogP contribution in [0.1, 0.15) is 42.2 Å². The summed E-state index contributed by atoms with van der Waals surface area (Å²) < 4.78 is 0. The molecule has 1 atom stereocenters. The smallest absolute Gasteiger partial charge is 0.326 e. The third-order valence-corrected chi connectivity index (χ3v) is 3.47. The number of hydrogen-bond acceptors (Lipinski definition) is 2. The number of aromatic amines is 1. The van der Waals surface area contributed by atoms with Crippen molar-refractivity contribution in [2.45, 2.75) is 39.2 Å². The highest BCUT2D eigenvalue weighted by molar-refractivity contribution is 5.99. The summed E-state index contributed by atoms with van der Waals surface area (Å²) in [6.45, 7) is 3.96. The lowest BCUT2D eigenvalue weighted by Crippen LogP contribution is -2.40. The number of hydrogen-bond donors (Lipinski definition) is 3. The van der Waals surface area contributed by atoms with Crippen molar-refractivity contribution in [3.63, 3.8) is 0 Å². The Morgan fingerprint density at radius 3 is 2.76 bits per heavy atom. The molecule has 2 aromatic rings. The van der Waals surface area contributed by atoms with Crippen LogP contribution in [0.2, 0.25) is 0 Å². The first kappa shape index (κ1) is 15.1. The first-order valence-electron chi connectivity index (χ1n) is 7.14. The number of carbonyl (C=O) groups excluding carboxylic acids is 1. The number of unbranched alkanes of at least 4 members (excludes halogenated alkanes) is 1. The average molecular weight is 288 g/mol. The number of aliphatic carboxylic acids is 1. The molecular weight excluding hydrogens is 268 g/mol. The molecule has 0 aliphatic carbocycles. The van der Waals surface area contributed by atoms with E-state index in [1.54, 1.807) is 6.07 Å². The van der Waals surface area contributed by atoms with Crippen LogP contribution in [-0.2, 0) is 4.79 Å². The summed E-state index contributed by atoms with van der Waals surface area (Å²) in [5, 5.41) is 12.7. The van der Waals surface area contributed by atoms with Crippen molar-refractivity contribution in [1.82, 2.24) is 10.3 Å². The van der Waals surface area contributed by atoms with Gasteiger partial charge in [0.05, 0.1) is 0 Å². The van der Waals surface area contributed by atoms with Crippen molar-refractivity contribution in [2.24, 2.45) is 0 Å². The Morgan fingerprint density at radius 1 is 1.33 bits per heavy atom. The van der Waals surface area contributed by atoms with E-state index in [4.69, 9.17) is 5.11 Å². The Morgan fingerprint density at radius 2 is 2.10 bits per heavy atom. The fourth-order valence-electron chi connectivity index (χ4n) is 2.26. The number of carboxylic acids is 1. The zero-order valence-electron chi connectivity index (χ0n) is 12.3. The zero-order valence-corrected chi connectivity index (χ0v) is 12.3. The van der Waals surface area contributed by atoms with Gasteiger partial charge in [-0.3, -0.25) is 4.79 Å². The summed E-state index contributed by atoms with van der Waals surface area (Å²) in [7, 11) is 0. The molecule has 0 saturated carbocycles. The number of benzene rings is 1. The van der Waals surface area contributed by atoms with Crippen molar-refractivity contribution in [2.75, 3.05) is 0 Å². The molecule has 5 heteroatoms. The molecule has 0 aliphatic heterocycles. The zero-order chi connectivity index (χ0) is 15.4. The van der Waals surface area contributed by atoms with Gasteiger partial charge in [0.15, 0.2) is 0 Å². The van der Waals surface area contributed by atoms with E-state index in [0.29, 0.717) is 12.1 Å². The lowest BCUT2D eigenvalue weighted by Gasteiger charge is -2.13. The molecule has 0 unspecified atom stereocenters. The van der Waals surface area contributed by atoms with Crippen molar-refractivity contribution in [1.29, 1.82) is 0 Å². The highest BCUT2D eigenvalue weighted by atomic mass is 16.4. The molecule has 0 aliphatic rings. The molecule has 0 spiro atoms. The van der Waals surface area contributed by atoms with E-state index < -0.39 is 12.0 Å². The fraction of sp³-hybridized carbons (Fsp3) is 0.375. The van der Waals surface area contributed by atoms with Crippen LogP contribution >= 0.6 is 0 Å². The van der Waals surface area contributed by atoms with Crippen molar-refractivity contribution in [3.05, 3.63) is 35.5 Å². The molecule has 0 fully saturated rings.